The van der Waals surface area contributed by atoms with Crippen LogP contribution in [0.5, 0.6) is 0 Å². The van der Waals surface area contributed by atoms with Crippen molar-refractivity contribution in [3.8, 4) is 11.5 Å². The van der Waals surface area contributed by atoms with Gasteiger partial charge in [0, 0.05) is 15.6 Å². The lowest BCUT2D eigenvalue weighted by Gasteiger charge is -2.00. The number of halogens is 1. The maximum atomic E-state index is 12.1. The molecular weight excluding hydrogens is 334 g/mol. The fourth-order valence-corrected chi connectivity index (χ4v) is 2.17. The van der Waals surface area contributed by atoms with Crippen LogP contribution in [0, 0.1) is 0 Å². The number of carbonyl (C=O) groups excluding carboxylic acids is 1. The van der Waals surface area contributed by atoms with Crippen LogP contribution in [0.1, 0.15) is 10.4 Å². The third-order valence-corrected chi connectivity index (χ3v) is 3.25. The molecule has 1 N–H and O–H groups in total. The van der Waals surface area contributed by atoms with E-state index in [-0.39, 0.29) is 11.9 Å². The summed E-state index contributed by atoms with van der Waals surface area (Å²) >= 11 is 3.32. The molecule has 6 heteroatoms. The van der Waals surface area contributed by atoms with Crippen molar-refractivity contribution in [1.82, 2.24) is 10.2 Å². The number of amides is 1. The summed E-state index contributed by atoms with van der Waals surface area (Å²) in [7, 11) is 0. The zero-order chi connectivity index (χ0) is 14.7. The smallest absolute Gasteiger partial charge is 0.322 e. The van der Waals surface area contributed by atoms with E-state index in [4.69, 9.17) is 4.42 Å². The highest BCUT2D eigenvalue weighted by Gasteiger charge is 2.12. The van der Waals surface area contributed by atoms with Crippen LogP contribution in [0.25, 0.3) is 11.5 Å². The van der Waals surface area contributed by atoms with Gasteiger partial charge >= 0.3 is 6.01 Å². The first-order chi connectivity index (χ1) is 10.2. The Kier molecular flexibility index (Phi) is 3.79. The second kappa shape index (κ2) is 5.88. The molecule has 0 radical (unpaired) electrons. The predicted octanol–water partition coefficient (Wildman–Crippen LogP) is 3.75. The van der Waals surface area contributed by atoms with Gasteiger partial charge in [0.2, 0.25) is 5.89 Å². The standard InChI is InChI=1S/C15H10BrN3O2/c16-12-8-4-7-11(9-12)13(20)17-15-19-18-14(21-15)10-5-2-1-3-6-10/h1-9H,(H,17,19,20). The minimum atomic E-state index is -0.306. The van der Waals surface area contributed by atoms with E-state index in [2.05, 4.69) is 31.4 Å². The third-order valence-electron chi connectivity index (χ3n) is 2.75. The first-order valence-electron chi connectivity index (χ1n) is 6.18. The topological polar surface area (TPSA) is 68.0 Å². The number of anilines is 1. The Hall–Kier alpha value is -2.47. The van der Waals surface area contributed by atoms with Crippen molar-refractivity contribution in [1.29, 1.82) is 0 Å². The van der Waals surface area contributed by atoms with Crippen molar-refractivity contribution < 1.29 is 9.21 Å². The van der Waals surface area contributed by atoms with E-state index >= 15 is 0 Å². The number of rotatable bonds is 3. The lowest BCUT2D eigenvalue weighted by atomic mass is 10.2. The molecule has 0 bridgehead atoms. The van der Waals surface area contributed by atoms with E-state index < -0.39 is 0 Å². The third kappa shape index (κ3) is 3.17. The molecule has 0 aliphatic heterocycles. The van der Waals surface area contributed by atoms with E-state index in [0.717, 1.165) is 10.0 Å². The van der Waals surface area contributed by atoms with E-state index in [1.807, 2.05) is 36.4 Å². The zero-order valence-electron chi connectivity index (χ0n) is 10.8. The van der Waals surface area contributed by atoms with Gasteiger partial charge < -0.3 is 4.42 Å². The molecule has 21 heavy (non-hydrogen) atoms. The van der Waals surface area contributed by atoms with Crippen molar-refractivity contribution in [2.75, 3.05) is 5.32 Å². The fraction of sp³-hybridized carbons (Fsp3) is 0. The van der Waals surface area contributed by atoms with Gasteiger partial charge in [-0.2, -0.15) is 0 Å². The molecule has 2 aromatic carbocycles. The maximum Gasteiger partial charge on any atom is 0.322 e. The summed E-state index contributed by atoms with van der Waals surface area (Å²) in [5, 5.41) is 10.3. The van der Waals surface area contributed by atoms with E-state index in [1.54, 1.807) is 18.2 Å². The average Bonchev–Trinajstić information content (AvgIpc) is 2.97. The average molecular weight is 344 g/mol. The Morgan fingerprint density at radius 2 is 1.86 bits per heavy atom. The Bertz CT molecular complexity index is 771. The van der Waals surface area contributed by atoms with Gasteiger partial charge in [-0.25, -0.2) is 0 Å². The highest BCUT2D eigenvalue weighted by atomic mass is 79.9. The summed E-state index contributed by atoms with van der Waals surface area (Å²) in [5.41, 5.74) is 1.30. The molecule has 0 spiro atoms. The first-order valence-corrected chi connectivity index (χ1v) is 6.97. The normalized spacial score (nSPS) is 10.3. The molecule has 1 heterocycles. The monoisotopic (exact) mass is 343 g/mol. The van der Waals surface area contributed by atoms with Crippen molar-refractivity contribution in [2.24, 2.45) is 0 Å². The lowest BCUT2D eigenvalue weighted by Crippen LogP contribution is -2.11. The summed E-state index contributed by atoms with van der Waals surface area (Å²) in [6.45, 7) is 0. The highest BCUT2D eigenvalue weighted by Crippen LogP contribution is 2.20. The molecule has 0 saturated carbocycles. The Morgan fingerprint density at radius 3 is 2.62 bits per heavy atom. The Labute approximate surface area is 129 Å². The van der Waals surface area contributed by atoms with Gasteiger partial charge in [-0.1, -0.05) is 45.3 Å². The van der Waals surface area contributed by atoms with E-state index in [0.29, 0.717) is 11.5 Å². The van der Waals surface area contributed by atoms with E-state index in [1.165, 1.54) is 0 Å². The predicted molar refractivity (Wildman–Crippen MR) is 81.8 cm³/mol. The van der Waals surface area contributed by atoms with Gasteiger partial charge in [0.05, 0.1) is 0 Å². The van der Waals surface area contributed by atoms with Crippen molar-refractivity contribution in [3.63, 3.8) is 0 Å². The largest absolute Gasteiger partial charge is 0.403 e. The zero-order valence-corrected chi connectivity index (χ0v) is 12.4. The van der Waals surface area contributed by atoms with Crippen LogP contribution in [-0.4, -0.2) is 16.1 Å². The van der Waals surface area contributed by atoms with E-state index in [9.17, 15) is 4.79 Å². The van der Waals surface area contributed by atoms with Crippen LogP contribution >= 0.6 is 15.9 Å². The number of aromatic nitrogens is 2. The van der Waals surface area contributed by atoms with Crippen molar-refractivity contribution in [2.45, 2.75) is 0 Å². The van der Waals surface area contributed by atoms with Crippen molar-refractivity contribution in [3.05, 3.63) is 64.6 Å². The second-order valence-corrected chi connectivity index (χ2v) is 5.16. The number of nitrogens with one attached hydrogen (secondary N) is 1. The van der Waals surface area contributed by atoms with Crippen LogP contribution in [0.4, 0.5) is 6.01 Å². The summed E-state index contributed by atoms with van der Waals surface area (Å²) in [4.78, 5) is 12.1. The van der Waals surface area contributed by atoms with Gasteiger partial charge in [0.15, 0.2) is 0 Å². The van der Waals surface area contributed by atoms with Gasteiger partial charge in [-0.3, -0.25) is 10.1 Å². The summed E-state index contributed by atoms with van der Waals surface area (Å²) in [6, 6.07) is 16.5. The molecule has 5 nitrogen and oxygen atoms in total. The summed E-state index contributed by atoms with van der Waals surface area (Å²) in [6.07, 6.45) is 0. The van der Waals surface area contributed by atoms with Crippen LogP contribution in [0.2, 0.25) is 0 Å². The van der Waals surface area contributed by atoms with Gasteiger partial charge in [0.25, 0.3) is 5.91 Å². The highest BCUT2D eigenvalue weighted by molar-refractivity contribution is 9.10. The molecule has 0 unspecified atom stereocenters. The van der Waals surface area contributed by atoms with Crippen LogP contribution in [-0.2, 0) is 0 Å². The first kappa shape index (κ1) is 13.5. The SMILES string of the molecule is O=C(Nc1nnc(-c2ccccc2)o1)c1cccc(Br)c1. The maximum absolute atomic E-state index is 12.1. The minimum Gasteiger partial charge on any atom is -0.403 e. The quantitative estimate of drug-likeness (QED) is 0.786. The van der Waals surface area contributed by atoms with Crippen LogP contribution in [0.15, 0.2) is 63.5 Å². The van der Waals surface area contributed by atoms with Crippen molar-refractivity contribution >= 4 is 27.9 Å². The van der Waals surface area contributed by atoms with Crippen LogP contribution in [0.3, 0.4) is 0 Å². The van der Waals surface area contributed by atoms with Gasteiger partial charge in [-0.15, -0.1) is 5.10 Å². The summed E-state index contributed by atoms with van der Waals surface area (Å²) < 4.78 is 6.25. The van der Waals surface area contributed by atoms with Gasteiger partial charge in [-0.05, 0) is 30.3 Å². The van der Waals surface area contributed by atoms with Gasteiger partial charge in [0.1, 0.15) is 0 Å². The number of benzene rings is 2. The molecule has 0 fully saturated rings. The second-order valence-electron chi connectivity index (χ2n) is 4.24. The summed E-state index contributed by atoms with van der Waals surface area (Å²) in [5.74, 6) is 0.0553. The molecular formula is C15H10BrN3O2. The number of hydrogen-bond acceptors (Lipinski definition) is 4. The van der Waals surface area contributed by atoms with Crippen LogP contribution < -0.4 is 5.32 Å². The molecule has 0 atom stereocenters. The molecule has 0 aliphatic carbocycles. The number of nitrogens with zero attached hydrogens (tertiary/aromatic N) is 2. The molecule has 3 aromatic rings. The Morgan fingerprint density at radius 1 is 1.05 bits per heavy atom. The molecule has 0 aliphatic rings. The molecule has 3 rings (SSSR count). The molecule has 1 aromatic heterocycles. The minimum absolute atomic E-state index is 0.0684. The number of hydrogen-bond donors (Lipinski definition) is 1. The molecule has 0 saturated heterocycles. The molecule has 104 valence electrons. The Balaban J connectivity index is 1.77. The fourth-order valence-electron chi connectivity index (χ4n) is 1.77. The number of carbonyl (C=O) groups is 1. The molecule has 1 amide bonds. The lowest BCUT2D eigenvalue weighted by molar-refractivity contribution is 0.102.